The van der Waals surface area contributed by atoms with Crippen LogP contribution in [0.2, 0.25) is 0 Å². The van der Waals surface area contributed by atoms with Crippen LogP contribution in [0, 0.1) is 17.0 Å². The van der Waals surface area contributed by atoms with Crippen molar-refractivity contribution >= 4 is 5.82 Å². The molecule has 1 aromatic rings. The van der Waals surface area contributed by atoms with Gasteiger partial charge < -0.3 is 10.1 Å². The maximum absolute atomic E-state index is 10.4. The Morgan fingerprint density at radius 2 is 2.46 bits per heavy atom. The fraction of sp³-hybridized carbons (Fsp3) is 0.375. The van der Waals surface area contributed by atoms with Crippen LogP contribution in [0.1, 0.15) is 12.6 Å². The van der Waals surface area contributed by atoms with Crippen molar-refractivity contribution in [2.24, 2.45) is 0 Å². The zero-order valence-electron chi connectivity index (χ0n) is 7.65. The van der Waals surface area contributed by atoms with E-state index in [1.165, 1.54) is 6.07 Å². The molecule has 0 atom stereocenters. The van der Waals surface area contributed by atoms with Gasteiger partial charge in [-0.1, -0.05) is 12.2 Å². The summed E-state index contributed by atoms with van der Waals surface area (Å²) < 4.78 is 1.57. The van der Waals surface area contributed by atoms with Crippen molar-refractivity contribution < 1.29 is 4.92 Å². The molecular formula is C8H11N3O2. The smallest absolute Gasteiger partial charge is 0.358 e. The predicted octanol–water partition coefficient (Wildman–Crippen LogP) is 1.68. The van der Waals surface area contributed by atoms with Gasteiger partial charge in [0.15, 0.2) is 0 Å². The Kier molecular flexibility index (Phi) is 2.46. The first-order valence-electron chi connectivity index (χ1n) is 3.84. The Morgan fingerprint density at radius 1 is 1.85 bits per heavy atom. The Labute approximate surface area is 75.8 Å². The van der Waals surface area contributed by atoms with Gasteiger partial charge in [-0.05, 0) is 18.8 Å². The van der Waals surface area contributed by atoms with Crippen LogP contribution in [-0.2, 0) is 6.54 Å². The van der Waals surface area contributed by atoms with Gasteiger partial charge in [-0.25, -0.2) is 0 Å². The molecule has 0 amide bonds. The molecule has 5 nitrogen and oxygen atoms in total. The SMILES string of the molecule is C=C(C)Cn1nc([N+](=O)[O-])cc1C. The predicted molar refractivity (Wildman–Crippen MR) is 48.4 cm³/mol. The molecule has 0 aromatic carbocycles. The Bertz CT molecular complexity index is 354. The van der Waals surface area contributed by atoms with Gasteiger partial charge in [-0.3, -0.25) is 0 Å². The molecule has 70 valence electrons. The largest absolute Gasteiger partial charge is 0.390 e. The summed E-state index contributed by atoms with van der Waals surface area (Å²) in [6.07, 6.45) is 0. The van der Waals surface area contributed by atoms with E-state index in [9.17, 15) is 10.1 Å². The molecule has 0 aliphatic heterocycles. The Balaban J connectivity index is 2.96. The average Bonchev–Trinajstić information content (AvgIpc) is 2.31. The van der Waals surface area contributed by atoms with Crippen LogP contribution in [0.15, 0.2) is 18.2 Å². The number of aryl methyl sites for hydroxylation is 1. The number of aromatic nitrogens is 2. The minimum absolute atomic E-state index is 0.112. The van der Waals surface area contributed by atoms with Crippen molar-refractivity contribution in [2.75, 3.05) is 0 Å². The third-order valence-electron chi connectivity index (χ3n) is 1.58. The van der Waals surface area contributed by atoms with Crippen LogP contribution >= 0.6 is 0 Å². The number of allylic oxidation sites excluding steroid dienone is 1. The highest BCUT2D eigenvalue weighted by Gasteiger charge is 2.14. The van der Waals surface area contributed by atoms with Crippen LogP contribution < -0.4 is 0 Å². The number of hydrogen-bond donors (Lipinski definition) is 0. The molecule has 0 unspecified atom stereocenters. The van der Waals surface area contributed by atoms with E-state index in [1.54, 1.807) is 11.6 Å². The lowest BCUT2D eigenvalue weighted by molar-refractivity contribution is -0.389. The van der Waals surface area contributed by atoms with E-state index in [0.717, 1.165) is 11.3 Å². The standard InChI is InChI=1S/C8H11N3O2/c1-6(2)5-10-7(3)4-8(9-10)11(12)13/h4H,1,5H2,2-3H3. The molecule has 0 aliphatic carbocycles. The molecule has 13 heavy (non-hydrogen) atoms. The van der Waals surface area contributed by atoms with E-state index in [1.807, 2.05) is 6.92 Å². The van der Waals surface area contributed by atoms with Crippen molar-refractivity contribution in [2.45, 2.75) is 20.4 Å². The van der Waals surface area contributed by atoms with E-state index in [2.05, 4.69) is 11.7 Å². The van der Waals surface area contributed by atoms with Crippen LogP contribution in [0.25, 0.3) is 0 Å². The van der Waals surface area contributed by atoms with E-state index in [-0.39, 0.29) is 5.82 Å². The summed E-state index contributed by atoms with van der Waals surface area (Å²) in [5.41, 5.74) is 1.69. The number of nitrogens with zero attached hydrogens (tertiary/aromatic N) is 3. The van der Waals surface area contributed by atoms with Gasteiger partial charge in [-0.15, -0.1) is 0 Å². The quantitative estimate of drug-likeness (QED) is 0.405. The molecular weight excluding hydrogens is 170 g/mol. The molecule has 0 N–H and O–H groups in total. The van der Waals surface area contributed by atoms with Gasteiger partial charge in [-0.2, -0.15) is 4.68 Å². The van der Waals surface area contributed by atoms with Gasteiger partial charge >= 0.3 is 5.82 Å². The normalized spacial score (nSPS) is 10.0. The zero-order chi connectivity index (χ0) is 10.0. The van der Waals surface area contributed by atoms with Crippen LogP contribution in [0.5, 0.6) is 0 Å². The monoisotopic (exact) mass is 181 g/mol. The van der Waals surface area contributed by atoms with E-state index >= 15 is 0 Å². The molecule has 0 radical (unpaired) electrons. The van der Waals surface area contributed by atoms with E-state index in [0.29, 0.717) is 6.54 Å². The summed E-state index contributed by atoms with van der Waals surface area (Å²) in [4.78, 5) is 9.86. The Morgan fingerprint density at radius 3 is 2.85 bits per heavy atom. The second-order valence-electron chi connectivity index (χ2n) is 3.02. The van der Waals surface area contributed by atoms with Gasteiger partial charge in [0.2, 0.25) is 0 Å². The van der Waals surface area contributed by atoms with Gasteiger partial charge in [0.25, 0.3) is 0 Å². The first-order chi connectivity index (χ1) is 6.00. The fourth-order valence-corrected chi connectivity index (χ4v) is 0.998. The number of rotatable bonds is 3. The summed E-state index contributed by atoms with van der Waals surface area (Å²) in [6, 6.07) is 1.45. The Hall–Kier alpha value is -1.65. The lowest BCUT2D eigenvalue weighted by Crippen LogP contribution is -2.03. The molecule has 0 saturated heterocycles. The lowest BCUT2D eigenvalue weighted by atomic mass is 10.3. The maximum Gasteiger partial charge on any atom is 0.390 e. The minimum atomic E-state index is -0.498. The van der Waals surface area contributed by atoms with E-state index in [4.69, 9.17) is 0 Å². The molecule has 0 aliphatic rings. The molecule has 1 rings (SSSR count). The van der Waals surface area contributed by atoms with Crippen LogP contribution in [0.3, 0.4) is 0 Å². The number of hydrogen-bond acceptors (Lipinski definition) is 3. The first-order valence-corrected chi connectivity index (χ1v) is 3.84. The summed E-state index contributed by atoms with van der Waals surface area (Å²) in [5, 5.41) is 14.2. The molecule has 0 spiro atoms. The highest BCUT2D eigenvalue weighted by atomic mass is 16.6. The van der Waals surface area contributed by atoms with Gasteiger partial charge in [0.05, 0.1) is 23.4 Å². The third-order valence-corrected chi connectivity index (χ3v) is 1.58. The molecule has 0 saturated carbocycles. The summed E-state index contributed by atoms with van der Waals surface area (Å²) in [5.74, 6) is -0.112. The lowest BCUT2D eigenvalue weighted by Gasteiger charge is -1.96. The fourth-order valence-electron chi connectivity index (χ4n) is 0.998. The minimum Gasteiger partial charge on any atom is -0.358 e. The van der Waals surface area contributed by atoms with Crippen molar-refractivity contribution in [3.63, 3.8) is 0 Å². The van der Waals surface area contributed by atoms with Crippen molar-refractivity contribution in [3.8, 4) is 0 Å². The molecule has 1 aromatic heterocycles. The first kappa shape index (κ1) is 9.44. The highest BCUT2D eigenvalue weighted by Crippen LogP contribution is 2.11. The zero-order valence-corrected chi connectivity index (χ0v) is 7.65. The maximum atomic E-state index is 10.4. The highest BCUT2D eigenvalue weighted by molar-refractivity contribution is 5.21. The van der Waals surface area contributed by atoms with Crippen molar-refractivity contribution in [3.05, 3.63) is 34.0 Å². The number of nitro groups is 1. The third kappa shape index (κ3) is 2.14. The summed E-state index contributed by atoms with van der Waals surface area (Å²) in [7, 11) is 0. The second-order valence-corrected chi connectivity index (χ2v) is 3.02. The molecule has 0 fully saturated rings. The van der Waals surface area contributed by atoms with Crippen molar-refractivity contribution in [1.82, 2.24) is 9.78 Å². The van der Waals surface area contributed by atoms with Crippen LogP contribution in [-0.4, -0.2) is 14.7 Å². The van der Waals surface area contributed by atoms with Gasteiger partial charge in [0.1, 0.15) is 0 Å². The average molecular weight is 181 g/mol. The second kappa shape index (κ2) is 3.38. The topological polar surface area (TPSA) is 61.0 Å². The summed E-state index contributed by atoms with van der Waals surface area (Å²) in [6.45, 7) is 7.88. The molecule has 0 bridgehead atoms. The summed E-state index contributed by atoms with van der Waals surface area (Å²) >= 11 is 0. The molecule has 1 heterocycles. The van der Waals surface area contributed by atoms with Crippen molar-refractivity contribution in [1.29, 1.82) is 0 Å². The van der Waals surface area contributed by atoms with Gasteiger partial charge in [0, 0.05) is 0 Å². The molecule has 5 heteroatoms. The van der Waals surface area contributed by atoms with E-state index < -0.39 is 4.92 Å². The van der Waals surface area contributed by atoms with Crippen LogP contribution in [0.4, 0.5) is 5.82 Å².